The number of nitrogens with one attached hydrogen (secondary N) is 1. The summed E-state index contributed by atoms with van der Waals surface area (Å²) in [5.74, 6) is -0.594. The lowest BCUT2D eigenvalue weighted by Crippen LogP contribution is -2.53. The smallest absolute Gasteiger partial charge is 0.249 e. The lowest BCUT2D eigenvalue weighted by molar-refractivity contribution is -0.132. The first-order chi connectivity index (χ1) is 23.0. The van der Waals surface area contributed by atoms with E-state index in [4.69, 9.17) is 0 Å². The molecule has 47 heavy (non-hydrogen) atoms. The number of aliphatic hydroxyl groups is 4. The van der Waals surface area contributed by atoms with E-state index in [1.165, 1.54) is 141 Å². The maximum Gasteiger partial charge on any atom is 0.249 e. The third-order valence-electron chi connectivity index (χ3n) is 9.73. The van der Waals surface area contributed by atoms with Crippen LogP contribution in [0, 0.1) is 0 Å². The fourth-order valence-corrected chi connectivity index (χ4v) is 6.39. The van der Waals surface area contributed by atoms with E-state index >= 15 is 0 Å². The molecule has 5 N–H and O–H groups in total. The lowest BCUT2D eigenvalue weighted by Gasteiger charge is -2.27. The summed E-state index contributed by atoms with van der Waals surface area (Å²) in [5, 5.41) is 43.2. The molecule has 0 saturated carbocycles. The first kappa shape index (κ1) is 46.0. The van der Waals surface area contributed by atoms with Gasteiger partial charge in [0.25, 0.3) is 0 Å². The van der Waals surface area contributed by atoms with E-state index in [2.05, 4.69) is 31.3 Å². The van der Waals surface area contributed by atoms with Gasteiger partial charge in [-0.1, -0.05) is 193 Å². The van der Waals surface area contributed by atoms with Crippen LogP contribution in [0.15, 0.2) is 12.2 Å². The Morgan fingerprint density at radius 3 is 1.26 bits per heavy atom. The average molecular weight is 668 g/mol. The van der Waals surface area contributed by atoms with Gasteiger partial charge in [-0.3, -0.25) is 4.79 Å². The van der Waals surface area contributed by atoms with Gasteiger partial charge in [0.15, 0.2) is 0 Å². The van der Waals surface area contributed by atoms with Crippen molar-refractivity contribution in [2.75, 3.05) is 6.61 Å². The van der Waals surface area contributed by atoms with E-state index in [1.807, 2.05) is 0 Å². The van der Waals surface area contributed by atoms with Crippen LogP contribution in [0.25, 0.3) is 0 Å². The average Bonchev–Trinajstić information content (AvgIpc) is 3.07. The second-order valence-corrected chi connectivity index (χ2v) is 14.3. The van der Waals surface area contributed by atoms with Crippen molar-refractivity contribution in [2.24, 2.45) is 0 Å². The van der Waals surface area contributed by atoms with Crippen LogP contribution in [0.1, 0.15) is 213 Å². The normalized spacial score (nSPS) is 14.4. The molecule has 6 nitrogen and oxygen atoms in total. The molecule has 0 heterocycles. The van der Waals surface area contributed by atoms with Crippen LogP contribution in [0.5, 0.6) is 0 Å². The molecular weight excluding hydrogens is 586 g/mol. The van der Waals surface area contributed by atoms with Crippen LogP contribution in [-0.2, 0) is 4.79 Å². The summed E-state index contributed by atoms with van der Waals surface area (Å²) < 4.78 is 0. The molecule has 4 atom stereocenters. The Balaban J connectivity index is 3.59. The van der Waals surface area contributed by atoms with Crippen LogP contribution in [-0.4, -0.2) is 57.3 Å². The first-order valence-corrected chi connectivity index (χ1v) is 20.6. The van der Waals surface area contributed by atoms with Crippen molar-refractivity contribution in [3.63, 3.8) is 0 Å². The van der Waals surface area contributed by atoms with E-state index < -0.39 is 36.9 Å². The molecule has 0 aromatic carbocycles. The summed E-state index contributed by atoms with van der Waals surface area (Å²) in [5.41, 5.74) is 0. The van der Waals surface area contributed by atoms with Gasteiger partial charge >= 0.3 is 0 Å². The Morgan fingerprint density at radius 2 is 0.872 bits per heavy atom. The molecule has 0 aromatic rings. The van der Waals surface area contributed by atoms with E-state index in [-0.39, 0.29) is 0 Å². The molecule has 280 valence electrons. The highest BCUT2D eigenvalue weighted by molar-refractivity contribution is 5.80. The number of hydrogen-bond donors (Lipinski definition) is 5. The fourth-order valence-electron chi connectivity index (χ4n) is 6.39. The van der Waals surface area contributed by atoms with Gasteiger partial charge in [-0.05, 0) is 32.1 Å². The standard InChI is InChI=1S/C41H81NO5/c1-3-5-7-9-11-12-13-14-15-16-17-18-19-20-21-22-23-24-25-26-27-29-31-33-35-39(45)41(47)42-37(36-43)40(46)38(44)34-32-30-28-10-8-6-4-2/h10,28,37-40,43-46H,3-9,11-27,29-36H2,1-2H3,(H,42,47)/b28-10+. The topological polar surface area (TPSA) is 110 Å². The predicted octanol–water partition coefficient (Wildman–Crippen LogP) is 10.2. The maximum absolute atomic E-state index is 12.4. The molecule has 4 unspecified atom stereocenters. The van der Waals surface area contributed by atoms with Crippen molar-refractivity contribution in [3.8, 4) is 0 Å². The number of carbonyl (C=O) groups is 1. The Labute approximate surface area is 292 Å². The summed E-state index contributed by atoms with van der Waals surface area (Å²) in [7, 11) is 0. The number of amides is 1. The van der Waals surface area contributed by atoms with E-state index in [9.17, 15) is 25.2 Å². The van der Waals surface area contributed by atoms with Gasteiger partial charge in [-0.15, -0.1) is 0 Å². The van der Waals surface area contributed by atoms with Gasteiger partial charge in [-0.25, -0.2) is 0 Å². The fraction of sp³-hybridized carbons (Fsp3) is 0.927. The second kappa shape index (κ2) is 36.3. The molecule has 0 spiro atoms. The third kappa shape index (κ3) is 30.8. The van der Waals surface area contributed by atoms with Crippen LogP contribution in [0.4, 0.5) is 0 Å². The minimum absolute atomic E-state index is 0.367. The zero-order chi connectivity index (χ0) is 34.6. The Bertz CT molecular complexity index is 672. The van der Waals surface area contributed by atoms with Crippen molar-refractivity contribution < 1.29 is 25.2 Å². The zero-order valence-electron chi connectivity index (χ0n) is 31.3. The molecule has 1 amide bonds. The van der Waals surface area contributed by atoms with Gasteiger partial charge in [0.2, 0.25) is 5.91 Å². The monoisotopic (exact) mass is 668 g/mol. The van der Waals surface area contributed by atoms with Crippen LogP contribution in [0.3, 0.4) is 0 Å². The number of unbranched alkanes of at least 4 members (excludes halogenated alkanes) is 26. The van der Waals surface area contributed by atoms with Crippen molar-refractivity contribution >= 4 is 5.91 Å². The largest absolute Gasteiger partial charge is 0.394 e. The number of allylic oxidation sites excluding steroid dienone is 2. The summed E-state index contributed by atoms with van der Waals surface area (Å²) in [6.45, 7) is 3.95. The molecule has 0 radical (unpaired) electrons. The molecule has 0 fully saturated rings. The van der Waals surface area contributed by atoms with Crippen LogP contribution < -0.4 is 5.32 Å². The van der Waals surface area contributed by atoms with Crippen molar-refractivity contribution in [1.29, 1.82) is 0 Å². The molecule has 0 saturated heterocycles. The molecule has 0 aliphatic carbocycles. The van der Waals surface area contributed by atoms with E-state index in [0.29, 0.717) is 12.8 Å². The highest BCUT2D eigenvalue weighted by atomic mass is 16.3. The molecule has 0 aliphatic heterocycles. The predicted molar refractivity (Wildman–Crippen MR) is 201 cm³/mol. The number of carbonyl (C=O) groups excluding carboxylic acids is 1. The first-order valence-electron chi connectivity index (χ1n) is 20.6. The quantitative estimate of drug-likeness (QED) is 0.0335. The molecule has 0 rings (SSSR count). The molecule has 0 aromatic heterocycles. The number of hydrogen-bond acceptors (Lipinski definition) is 5. The third-order valence-corrected chi connectivity index (χ3v) is 9.73. The minimum atomic E-state index is -1.27. The lowest BCUT2D eigenvalue weighted by atomic mass is 10.00. The van der Waals surface area contributed by atoms with Gasteiger partial charge in [0.05, 0.1) is 18.8 Å². The van der Waals surface area contributed by atoms with Crippen LogP contribution >= 0.6 is 0 Å². The van der Waals surface area contributed by atoms with E-state index in [1.54, 1.807) is 0 Å². The van der Waals surface area contributed by atoms with Gasteiger partial charge in [-0.2, -0.15) is 0 Å². The van der Waals surface area contributed by atoms with Crippen molar-refractivity contribution in [1.82, 2.24) is 5.32 Å². The van der Waals surface area contributed by atoms with E-state index in [0.717, 1.165) is 44.9 Å². The molecule has 6 heteroatoms. The Hall–Kier alpha value is -0.950. The minimum Gasteiger partial charge on any atom is -0.394 e. The summed E-state index contributed by atoms with van der Waals surface area (Å²) in [4.78, 5) is 12.4. The Morgan fingerprint density at radius 1 is 0.511 bits per heavy atom. The van der Waals surface area contributed by atoms with Gasteiger partial charge < -0.3 is 25.7 Å². The van der Waals surface area contributed by atoms with Crippen molar-refractivity contribution in [2.45, 2.75) is 237 Å². The SMILES string of the molecule is CCCC/C=C/CCCC(O)C(O)C(CO)NC(=O)C(O)CCCCCCCCCCCCCCCCCCCCCCCCCC. The molecule has 0 aliphatic rings. The number of aliphatic hydroxyl groups excluding tert-OH is 4. The second-order valence-electron chi connectivity index (χ2n) is 14.3. The van der Waals surface area contributed by atoms with Gasteiger partial charge in [0, 0.05) is 0 Å². The summed E-state index contributed by atoms with van der Waals surface area (Å²) in [6.07, 6.45) is 38.5. The highest BCUT2D eigenvalue weighted by Crippen LogP contribution is 2.16. The maximum atomic E-state index is 12.4. The van der Waals surface area contributed by atoms with Crippen molar-refractivity contribution in [3.05, 3.63) is 12.2 Å². The molecule has 0 bridgehead atoms. The van der Waals surface area contributed by atoms with Crippen LogP contribution in [0.2, 0.25) is 0 Å². The summed E-state index contributed by atoms with van der Waals surface area (Å²) in [6, 6.07) is -0.994. The number of rotatable bonds is 37. The Kier molecular flexibility index (Phi) is 35.6. The highest BCUT2D eigenvalue weighted by Gasteiger charge is 2.28. The molecular formula is C41H81NO5. The summed E-state index contributed by atoms with van der Waals surface area (Å²) >= 11 is 0. The zero-order valence-corrected chi connectivity index (χ0v) is 31.3. The van der Waals surface area contributed by atoms with Gasteiger partial charge in [0.1, 0.15) is 12.2 Å².